The molecular weight excluding hydrogens is 426 g/mol. The molecule has 0 spiro atoms. The van der Waals surface area contributed by atoms with E-state index in [1.807, 2.05) is 37.8 Å². The van der Waals surface area contributed by atoms with Crippen LogP contribution in [-0.2, 0) is 16.0 Å². The topological polar surface area (TPSA) is 70.7 Å². The van der Waals surface area contributed by atoms with Gasteiger partial charge in [-0.15, -0.1) is 0 Å². The number of rotatable bonds is 6. The number of carbonyl (C=O) groups excluding carboxylic acids is 2. The fourth-order valence-electron chi connectivity index (χ4n) is 4.60. The van der Waals surface area contributed by atoms with Crippen molar-refractivity contribution >= 4 is 23.6 Å². The summed E-state index contributed by atoms with van der Waals surface area (Å²) in [4.78, 5) is 27.7. The maximum atomic E-state index is 13.4. The summed E-state index contributed by atoms with van der Waals surface area (Å²) in [5, 5.41) is 7.26. The molecule has 2 N–H and O–H groups in total. The molecule has 7 heteroatoms. The van der Waals surface area contributed by atoms with E-state index in [2.05, 4.69) is 10.6 Å². The molecule has 1 aromatic carbocycles. The van der Waals surface area contributed by atoms with Crippen molar-refractivity contribution in [1.29, 1.82) is 0 Å². The summed E-state index contributed by atoms with van der Waals surface area (Å²) in [6.45, 7) is 6.85. The van der Waals surface area contributed by atoms with Crippen LogP contribution >= 0.6 is 11.6 Å². The summed E-state index contributed by atoms with van der Waals surface area (Å²) < 4.78 is 5.41. The first-order chi connectivity index (χ1) is 15.2. The molecule has 2 aliphatic rings. The predicted octanol–water partition coefficient (Wildman–Crippen LogP) is 4.69. The van der Waals surface area contributed by atoms with Gasteiger partial charge in [0.1, 0.15) is 11.6 Å². The number of likely N-dealkylation sites (tertiary alicyclic amines) is 1. The van der Waals surface area contributed by atoms with E-state index in [0.717, 1.165) is 18.4 Å². The maximum absolute atomic E-state index is 13.4. The van der Waals surface area contributed by atoms with Crippen LogP contribution in [0.25, 0.3) is 0 Å². The SMILES string of the molecule is CC(C)(C)OC(=O)N[C@H](Cc1ccc(Cl)cc1)C(=O)N1CCC(NC2CCCCC2)CC1. The lowest BCUT2D eigenvalue weighted by Gasteiger charge is -2.37. The highest BCUT2D eigenvalue weighted by molar-refractivity contribution is 6.30. The smallest absolute Gasteiger partial charge is 0.408 e. The first kappa shape index (κ1) is 24.8. The lowest BCUT2D eigenvalue weighted by atomic mass is 9.93. The van der Waals surface area contributed by atoms with Crippen molar-refractivity contribution in [1.82, 2.24) is 15.5 Å². The molecule has 1 heterocycles. The second kappa shape index (κ2) is 11.4. The second-order valence-electron chi connectivity index (χ2n) is 10.1. The number of hydrogen-bond acceptors (Lipinski definition) is 4. The third-order valence-corrected chi connectivity index (χ3v) is 6.48. The lowest BCUT2D eigenvalue weighted by molar-refractivity contribution is -0.134. The third-order valence-electron chi connectivity index (χ3n) is 6.23. The average molecular weight is 464 g/mol. The van der Waals surface area contributed by atoms with Gasteiger partial charge in [0.2, 0.25) is 5.91 Å². The Morgan fingerprint density at radius 2 is 1.62 bits per heavy atom. The van der Waals surface area contributed by atoms with Crippen molar-refractivity contribution in [2.24, 2.45) is 0 Å². The Labute approximate surface area is 197 Å². The van der Waals surface area contributed by atoms with Gasteiger partial charge in [-0.3, -0.25) is 4.79 Å². The minimum Gasteiger partial charge on any atom is -0.444 e. The Hall–Kier alpha value is -1.79. The van der Waals surface area contributed by atoms with Crippen LogP contribution in [-0.4, -0.2) is 53.7 Å². The summed E-state index contributed by atoms with van der Waals surface area (Å²) in [5.41, 5.74) is 0.318. The first-order valence-corrected chi connectivity index (χ1v) is 12.4. The molecule has 1 saturated heterocycles. The van der Waals surface area contributed by atoms with E-state index in [1.165, 1.54) is 32.1 Å². The molecule has 1 aliphatic carbocycles. The van der Waals surface area contributed by atoms with Crippen LogP contribution in [0.1, 0.15) is 71.3 Å². The van der Waals surface area contributed by atoms with Gasteiger partial charge in [0, 0.05) is 36.6 Å². The normalized spacial score (nSPS) is 19.4. The Bertz CT molecular complexity index is 749. The number of carbonyl (C=O) groups is 2. The number of piperidine rings is 1. The molecule has 3 rings (SSSR count). The molecule has 0 radical (unpaired) electrons. The quantitative estimate of drug-likeness (QED) is 0.642. The fourth-order valence-corrected chi connectivity index (χ4v) is 4.72. The third kappa shape index (κ3) is 7.96. The zero-order chi connectivity index (χ0) is 23.1. The molecule has 178 valence electrons. The Morgan fingerprint density at radius 1 is 1.03 bits per heavy atom. The Balaban J connectivity index is 1.59. The van der Waals surface area contributed by atoms with Crippen LogP contribution in [0.3, 0.4) is 0 Å². The zero-order valence-corrected chi connectivity index (χ0v) is 20.4. The number of benzene rings is 1. The number of halogens is 1. The van der Waals surface area contributed by atoms with E-state index >= 15 is 0 Å². The van der Waals surface area contributed by atoms with Gasteiger partial charge in [-0.05, 0) is 64.2 Å². The highest BCUT2D eigenvalue weighted by atomic mass is 35.5. The number of amides is 2. The van der Waals surface area contributed by atoms with Gasteiger partial charge in [0.15, 0.2) is 0 Å². The number of alkyl carbamates (subject to hydrolysis) is 1. The average Bonchev–Trinajstić information content (AvgIpc) is 2.74. The lowest BCUT2D eigenvalue weighted by Crippen LogP contribution is -2.54. The van der Waals surface area contributed by atoms with Crippen molar-refractivity contribution < 1.29 is 14.3 Å². The molecule has 0 unspecified atom stereocenters. The minimum atomic E-state index is -0.672. The van der Waals surface area contributed by atoms with E-state index in [1.54, 1.807) is 12.1 Å². The first-order valence-electron chi connectivity index (χ1n) is 12.0. The molecule has 1 saturated carbocycles. The molecule has 1 aliphatic heterocycles. The van der Waals surface area contributed by atoms with Gasteiger partial charge in [-0.1, -0.05) is 43.0 Å². The van der Waals surface area contributed by atoms with Crippen LogP contribution < -0.4 is 10.6 Å². The van der Waals surface area contributed by atoms with E-state index in [-0.39, 0.29) is 5.91 Å². The van der Waals surface area contributed by atoms with Crippen LogP contribution in [0.15, 0.2) is 24.3 Å². The van der Waals surface area contributed by atoms with Crippen molar-refractivity contribution in [3.8, 4) is 0 Å². The summed E-state index contributed by atoms with van der Waals surface area (Å²) in [6.07, 6.45) is 8.24. The molecule has 1 atom stereocenters. The van der Waals surface area contributed by atoms with Crippen LogP contribution in [0, 0.1) is 0 Å². The van der Waals surface area contributed by atoms with Gasteiger partial charge >= 0.3 is 6.09 Å². The van der Waals surface area contributed by atoms with Crippen molar-refractivity contribution in [2.45, 2.75) is 95.9 Å². The Morgan fingerprint density at radius 3 is 2.22 bits per heavy atom. The number of hydrogen-bond donors (Lipinski definition) is 2. The molecular formula is C25H38ClN3O3. The highest BCUT2D eigenvalue weighted by Gasteiger charge is 2.31. The van der Waals surface area contributed by atoms with Crippen LogP contribution in [0.5, 0.6) is 0 Å². The molecule has 0 aromatic heterocycles. The maximum Gasteiger partial charge on any atom is 0.408 e. The minimum absolute atomic E-state index is 0.0538. The van der Waals surface area contributed by atoms with Gasteiger partial charge in [0.25, 0.3) is 0 Å². The van der Waals surface area contributed by atoms with Crippen molar-refractivity contribution in [3.63, 3.8) is 0 Å². The standard InChI is InChI=1S/C25H38ClN3O3/c1-25(2,3)32-24(31)28-22(17-18-9-11-19(26)12-10-18)23(30)29-15-13-21(14-16-29)27-20-7-5-4-6-8-20/h9-12,20-22,27H,4-8,13-17H2,1-3H3,(H,28,31)/t22-/m1/s1. The largest absolute Gasteiger partial charge is 0.444 e. The van der Waals surface area contributed by atoms with Crippen molar-refractivity contribution in [2.75, 3.05) is 13.1 Å². The van der Waals surface area contributed by atoms with E-state index in [9.17, 15) is 9.59 Å². The van der Waals surface area contributed by atoms with Crippen molar-refractivity contribution in [3.05, 3.63) is 34.9 Å². The monoisotopic (exact) mass is 463 g/mol. The second-order valence-corrected chi connectivity index (χ2v) is 10.6. The summed E-state index contributed by atoms with van der Waals surface area (Å²) in [6, 6.07) is 7.80. The number of nitrogens with one attached hydrogen (secondary N) is 2. The van der Waals surface area contributed by atoms with Crippen LogP contribution in [0.4, 0.5) is 4.79 Å². The summed E-state index contributed by atoms with van der Waals surface area (Å²) in [5.74, 6) is -0.0538. The zero-order valence-electron chi connectivity index (χ0n) is 19.7. The molecule has 1 aromatic rings. The van der Waals surface area contributed by atoms with Gasteiger partial charge in [0.05, 0.1) is 0 Å². The highest BCUT2D eigenvalue weighted by Crippen LogP contribution is 2.21. The molecule has 32 heavy (non-hydrogen) atoms. The molecule has 2 fully saturated rings. The molecule has 2 amide bonds. The van der Waals surface area contributed by atoms with E-state index in [0.29, 0.717) is 36.6 Å². The van der Waals surface area contributed by atoms with Gasteiger partial charge in [-0.2, -0.15) is 0 Å². The Kier molecular flexibility index (Phi) is 8.83. The van der Waals surface area contributed by atoms with Crippen LogP contribution in [0.2, 0.25) is 5.02 Å². The van der Waals surface area contributed by atoms with Gasteiger partial charge in [-0.25, -0.2) is 4.79 Å². The number of nitrogens with zero attached hydrogens (tertiary/aromatic N) is 1. The summed E-state index contributed by atoms with van der Waals surface area (Å²) >= 11 is 6.00. The molecule has 6 nitrogen and oxygen atoms in total. The summed E-state index contributed by atoms with van der Waals surface area (Å²) in [7, 11) is 0. The van der Waals surface area contributed by atoms with Gasteiger partial charge < -0.3 is 20.3 Å². The fraction of sp³-hybridized carbons (Fsp3) is 0.680. The van der Waals surface area contributed by atoms with E-state index in [4.69, 9.17) is 16.3 Å². The number of ether oxygens (including phenoxy) is 1. The van der Waals surface area contributed by atoms with E-state index < -0.39 is 17.7 Å². The predicted molar refractivity (Wildman–Crippen MR) is 128 cm³/mol. The molecule has 0 bridgehead atoms.